The minimum atomic E-state index is -1.26. The third-order valence-electron chi connectivity index (χ3n) is 8.02. The Hall–Kier alpha value is -3.15. The van der Waals surface area contributed by atoms with Crippen LogP contribution in [0.25, 0.3) is 0 Å². The first-order valence-electron chi connectivity index (χ1n) is 12.1. The predicted molar refractivity (Wildman–Crippen MR) is 139 cm³/mol. The number of nitrogens with zero attached hydrogens (tertiary/aromatic N) is 1. The zero-order valence-electron chi connectivity index (χ0n) is 19.8. The average Bonchev–Trinajstić information content (AvgIpc) is 3.18. The van der Waals surface area contributed by atoms with E-state index in [-0.39, 0.29) is 0 Å². The number of carbonyl (C=O) groups excluding carboxylic acids is 3. The van der Waals surface area contributed by atoms with E-state index in [1.807, 2.05) is 72.8 Å². The summed E-state index contributed by atoms with van der Waals surface area (Å²) >= 11 is 14.9. The van der Waals surface area contributed by atoms with Crippen LogP contribution in [-0.4, -0.2) is 28.7 Å². The Balaban J connectivity index is 1.42. The normalized spacial score (nSPS) is 28.4. The molecule has 2 bridgehead atoms. The largest absolute Gasteiger partial charge is 0.324 e. The van der Waals surface area contributed by atoms with Crippen LogP contribution in [0.1, 0.15) is 41.7 Å². The molecule has 3 aromatic rings. The van der Waals surface area contributed by atoms with Crippen molar-refractivity contribution in [2.24, 2.45) is 11.8 Å². The molecule has 0 saturated carbocycles. The zero-order valence-corrected chi connectivity index (χ0v) is 21.3. The van der Waals surface area contributed by atoms with Crippen molar-refractivity contribution >= 4 is 46.6 Å². The number of benzene rings is 3. The van der Waals surface area contributed by atoms with E-state index in [0.29, 0.717) is 5.69 Å². The van der Waals surface area contributed by atoms with Crippen molar-refractivity contribution in [2.45, 2.75) is 36.1 Å². The number of amides is 3. The molecule has 0 spiro atoms. The van der Waals surface area contributed by atoms with Crippen LogP contribution in [0.15, 0.2) is 72.8 Å². The number of nitrogens with one attached hydrogen (secondary N) is 1. The van der Waals surface area contributed by atoms with Gasteiger partial charge < -0.3 is 5.32 Å². The minimum absolute atomic E-state index is 0.450. The Morgan fingerprint density at radius 3 is 1.64 bits per heavy atom. The number of carbonyl (C=O) groups is 3. The Labute approximate surface area is 219 Å². The van der Waals surface area contributed by atoms with Crippen molar-refractivity contribution in [2.75, 3.05) is 5.32 Å². The van der Waals surface area contributed by atoms with Crippen LogP contribution >= 0.6 is 23.2 Å². The highest BCUT2D eigenvalue weighted by atomic mass is 35.5. The third-order valence-corrected chi connectivity index (χ3v) is 9.30. The van der Waals surface area contributed by atoms with E-state index in [0.717, 1.165) is 39.1 Å². The molecule has 1 fully saturated rings. The fourth-order valence-electron chi connectivity index (χ4n) is 6.26. The maximum absolute atomic E-state index is 14.0. The van der Waals surface area contributed by atoms with Crippen LogP contribution in [0.5, 0.6) is 0 Å². The average molecular weight is 519 g/mol. The van der Waals surface area contributed by atoms with Crippen molar-refractivity contribution in [3.8, 4) is 0 Å². The molecule has 3 amide bonds. The maximum atomic E-state index is 14.0. The summed E-state index contributed by atoms with van der Waals surface area (Å²) in [7, 11) is 0. The number of hydrogen-bond acceptors (Lipinski definition) is 3. The smallest absolute Gasteiger partial charge is 0.247 e. The first kappa shape index (κ1) is 23.3. The summed E-state index contributed by atoms with van der Waals surface area (Å²) in [6, 6.07) is 21.4. The molecule has 3 aromatic carbocycles. The van der Waals surface area contributed by atoms with Gasteiger partial charge in [0.2, 0.25) is 17.7 Å². The van der Waals surface area contributed by atoms with E-state index in [2.05, 4.69) is 12.2 Å². The second-order valence-corrected chi connectivity index (χ2v) is 10.9. The van der Waals surface area contributed by atoms with E-state index in [1.165, 1.54) is 0 Å². The monoisotopic (exact) mass is 518 g/mol. The lowest BCUT2D eigenvalue weighted by molar-refractivity contribution is -0.146. The lowest BCUT2D eigenvalue weighted by Crippen LogP contribution is -2.57. The van der Waals surface area contributed by atoms with Crippen molar-refractivity contribution in [1.29, 1.82) is 0 Å². The summed E-state index contributed by atoms with van der Waals surface area (Å²) in [5, 5.41) is 2.83. The first-order valence-corrected chi connectivity index (χ1v) is 12.8. The van der Waals surface area contributed by atoms with Crippen LogP contribution in [0.4, 0.5) is 5.69 Å². The van der Waals surface area contributed by atoms with Gasteiger partial charge in [-0.2, -0.15) is 0 Å². The van der Waals surface area contributed by atoms with Crippen LogP contribution in [0.3, 0.4) is 0 Å². The van der Waals surface area contributed by atoms with Gasteiger partial charge in [-0.05, 0) is 53.3 Å². The summed E-state index contributed by atoms with van der Waals surface area (Å²) in [5.41, 5.74) is 4.68. The first-order chi connectivity index (χ1) is 17.2. The number of imide groups is 1. The molecule has 7 heteroatoms. The summed E-state index contributed by atoms with van der Waals surface area (Å²) in [4.78, 5) is 39.7. The molecule has 4 aliphatic rings. The second kappa shape index (κ2) is 7.92. The molecule has 3 atom stereocenters. The highest BCUT2D eigenvalue weighted by molar-refractivity contribution is 6.36. The van der Waals surface area contributed by atoms with Crippen molar-refractivity contribution in [1.82, 2.24) is 4.90 Å². The Bertz CT molecular complexity index is 1310. The highest BCUT2D eigenvalue weighted by Gasteiger charge is 2.73. The number of aryl methyl sites for hydroxylation is 1. The molecule has 1 heterocycles. The quantitative estimate of drug-likeness (QED) is 0.382. The van der Waals surface area contributed by atoms with Crippen LogP contribution in [-0.2, 0) is 30.6 Å². The number of alkyl halides is 2. The van der Waals surface area contributed by atoms with Crippen molar-refractivity contribution < 1.29 is 14.4 Å². The van der Waals surface area contributed by atoms with E-state index in [9.17, 15) is 14.4 Å². The SMILES string of the molecule is CCc1ccc(NC(=O)[C@H](C)N2C(=O)[C@@H]3[C@H](C2=O)C2(Cl)c4ccccc4C3(Cl)c3ccccc32)cc1. The molecule has 36 heavy (non-hydrogen) atoms. The van der Waals surface area contributed by atoms with Gasteiger partial charge in [-0.1, -0.05) is 67.6 Å². The summed E-state index contributed by atoms with van der Waals surface area (Å²) in [5.74, 6) is -3.24. The molecule has 0 unspecified atom stereocenters. The molecular weight excluding hydrogens is 495 g/mol. The van der Waals surface area contributed by atoms with Crippen molar-refractivity contribution in [3.05, 3.63) is 101 Å². The summed E-state index contributed by atoms with van der Waals surface area (Å²) in [6.07, 6.45) is 0.884. The molecule has 5 nitrogen and oxygen atoms in total. The zero-order chi connectivity index (χ0) is 25.4. The molecule has 0 radical (unpaired) electrons. The predicted octanol–water partition coefficient (Wildman–Crippen LogP) is 5.17. The topological polar surface area (TPSA) is 66.5 Å². The number of hydrogen-bond donors (Lipinski definition) is 1. The Kier molecular flexibility index (Phi) is 5.12. The maximum Gasteiger partial charge on any atom is 0.247 e. The minimum Gasteiger partial charge on any atom is -0.324 e. The molecule has 182 valence electrons. The fraction of sp³-hybridized carbons (Fsp3) is 0.276. The number of rotatable bonds is 4. The van der Waals surface area contributed by atoms with Crippen molar-refractivity contribution in [3.63, 3.8) is 0 Å². The van der Waals surface area contributed by atoms with Crippen LogP contribution in [0, 0.1) is 11.8 Å². The van der Waals surface area contributed by atoms with Crippen LogP contribution in [0.2, 0.25) is 0 Å². The highest BCUT2D eigenvalue weighted by Crippen LogP contribution is 2.69. The molecule has 1 aliphatic heterocycles. The molecule has 3 aliphatic carbocycles. The van der Waals surface area contributed by atoms with E-state index < -0.39 is 45.3 Å². The number of halogens is 2. The summed E-state index contributed by atoms with van der Waals surface area (Å²) in [6.45, 7) is 3.61. The molecule has 1 saturated heterocycles. The Morgan fingerprint density at radius 2 is 1.25 bits per heavy atom. The van der Waals surface area contributed by atoms with Gasteiger partial charge in [-0.3, -0.25) is 19.3 Å². The van der Waals surface area contributed by atoms with Gasteiger partial charge in [0.25, 0.3) is 0 Å². The van der Waals surface area contributed by atoms with Gasteiger partial charge in [0.1, 0.15) is 15.8 Å². The van der Waals surface area contributed by atoms with Gasteiger partial charge >= 0.3 is 0 Å². The van der Waals surface area contributed by atoms with Gasteiger partial charge in [0.15, 0.2) is 0 Å². The molecule has 7 rings (SSSR count). The van der Waals surface area contributed by atoms with E-state index >= 15 is 0 Å². The fourth-order valence-corrected chi connectivity index (χ4v) is 7.36. The second-order valence-electron chi connectivity index (χ2n) is 9.73. The van der Waals surface area contributed by atoms with E-state index in [1.54, 1.807) is 6.92 Å². The third kappa shape index (κ3) is 2.81. The Morgan fingerprint density at radius 1 is 0.833 bits per heavy atom. The lowest BCUT2D eigenvalue weighted by Gasteiger charge is -2.54. The van der Waals surface area contributed by atoms with Gasteiger partial charge in [0, 0.05) is 5.69 Å². The van der Waals surface area contributed by atoms with Gasteiger partial charge in [-0.15, -0.1) is 23.2 Å². The van der Waals surface area contributed by atoms with Crippen LogP contribution < -0.4 is 5.32 Å². The standard InChI is InChI=1S/C29H24Cl2N2O3/c1-3-17-12-14-18(15-13-17)32-25(34)16(2)33-26(35)23-24(27(33)36)29(31)20-9-5-4-8-19(20)28(23,30)21-10-6-7-11-22(21)29/h4-16,23-24H,3H2,1-2H3,(H,32,34)/t16-,23-,24+,28?,29?/m0/s1. The molecule has 1 N–H and O–H groups in total. The van der Waals surface area contributed by atoms with Gasteiger partial charge in [0.05, 0.1) is 11.8 Å². The number of likely N-dealkylation sites (tertiary alicyclic amines) is 1. The molecular formula is C29H24Cl2N2O3. The van der Waals surface area contributed by atoms with E-state index in [4.69, 9.17) is 23.2 Å². The van der Waals surface area contributed by atoms with Gasteiger partial charge in [-0.25, -0.2) is 0 Å². The lowest BCUT2D eigenvalue weighted by atomic mass is 9.54. The molecule has 0 aromatic heterocycles. The summed E-state index contributed by atoms with van der Waals surface area (Å²) < 4.78 is 0. The number of anilines is 1.